The van der Waals surface area contributed by atoms with Gasteiger partial charge in [-0.3, -0.25) is 0 Å². The van der Waals surface area contributed by atoms with Crippen LogP contribution in [0.4, 0.5) is 0 Å². The van der Waals surface area contributed by atoms with E-state index in [-0.39, 0.29) is 0 Å². The lowest BCUT2D eigenvalue weighted by atomic mass is 11.6. The Balaban J connectivity index is 3.39. The molecule has 0 saturated heterocycles. The second-order valence-corrected chi connectivity index (χ2v) is 1.94. The molecule has 6 heteroatoms. The molecule has 0 heterocycles. The Morgan fingerprint density at radius 2 is 2.50 bits per heavy atom. The van der Waals surface area contributed by atoms with Gasteiger partial charge < -0.3 is 14.6 Å². The van der Waals surface area contributed by atoms with Crippen molar-refractivity contribution < 1.29 is 18.4 Å². The van der Waals surface area contributed by atoms with E-state index in [0.717, 1.165) is 0 Å². The van der Waals surface area contributed by atoms with Crippen molar-refractivity contribution in [1.82, 2.24) is 0 Å². The summed E-state index contributed by atoms with van der Waals surface area (Å²) in [6.07, 6.45) is 0.644. The number of hydrogen-bond donors (Lipinski definition) is 0. The van der Waals surface area contributed by atoms with Crippen molar-refractivity contribution in [2.75, 3.05) is 7.11 Å². The molecule has 0 aromatic rings. The molecule has 0 rings (SSSR count). The Hall–Kier alpha value is -0.630. The summed E-state index contributed by atoms with van der Waals surface area (Å²) in [5.41, 5.74) is 7.68. The summed E-state index contributed by atoms with van der Waals surface area (Å²) >= 11 is 0. The van der Waals surface area contributed by atoms with E-state index in [4.69, 9.17) is 5.53 Å². The van der Waals surface area contributed by atoms with Gasteiger partial charge in [0, 0.05) is 7.11 Å². The van der Waals surface area contributed by atoms with Crippen molar-refractivity contribution >= 4 is 14.7 Å². The van der Waals surface area contributed by atoms with Crippen LogP contribution in [-0.2, 0) is 13.6 Å². The van der Waals surface area contributed by atoms with Gasteiger partial charge in [-0.25, -0.2) is 4.57 Å². The van der Waals surface area contributed by atoms with Gasteiger partial charge in [0.05, 0.1) is 0 Å². The Bertz CT molecular complexity index is 129. The molecule has 46 valence electrons. The van der Waals surface area contributed by atoms with Crippen LogP contribution in [0.1, 0.15) is 0 Å². The molecule has 0 radical (unpaired) electrons. The normalized spacial score (nSPS) is 11.6. The minimum atomic E-state index is -2.45. The van der Waals surface area contributed by atoms with Gasteiger partial charge in [0.15, 0.2) is 0 Å². The topological polar surface area (TPSA) is 71.9 Å². The molecule has 0 aliphatic heterocycles. The highest BCUT2D eigenvalue weighted by Crippen LogP contribution is 2.18. The molecule has 1 unspecified atom stereocenters. The third-order valence-electron chi connectivity index (χ3n) is 0.363. The number of hydrogen-bond acceptors (Lipinski definition) is 3. The third-order valence-corrected chi connectivity index (χ3v) is 0.994. The van der Waals surface area contributed by atoms with Crippen molar-refractivity contribution in [3.8, 4) is 0 Å². The standard InChI is InChI=1S/C2H5N2O3P/c1-6-8(5)7-2-4-3/h2,8H,1H3. The van der Waals surface area contributed by atoms with Crippen molar-refractivity contribution in [2.45, 2.75) is 0 Å². The SMILES string of the molecule is CO[PH](=O)OC=[N+]=[N-]. The first-order valence-electron chi connectivity index (χ1n) is 1.71. The molecule has 0 fully saturated rings. The minimum absolute atomic E-state index is 0.644. The van der Waals surface area contributed by atoms with E-state index in [2.05, 4.69) is 13.8 Å². The van der Waals surface area contributed by atoms with Gasteiger partial charge in [-0.15, -0.1) is 4.79 Å². The second-order valence-electron chi connectivity index (χ2n) is 0.793. The lowest BCUT2D eigenvalue weighted by Crippen LogP contribution is -1.76. The average Bonchev–Trinajstić information content (AvgIpc) is 1.83. The first-order chi connectivity index (χ1) is 3.81. The molecule has 0 spiro atoms. The van der Waals surface area contributed by atoms with E-state index in [0.29, 0.717) is 6.40 Å². The highest BCUT2D eigenvalue weighted by molar-refractivity contribution is 7.33. The predicted molar refractivity (Wildman–Crippen MR) is 26.8 cm³/mol. The zero-order valence-corrected chi connectivity index (χ0v) is 5.20. The molecular weight excluding hydrogens is 131 g/mol. The average molecular weight is 136 g/mol. The summed E-state index contributed by atoms with van der Waals surface area (Å²) in [6.45, 7) is 0. The molecule has 0 N–H and O–H groups in total. The van der Waals surface area contributed by atoms with Crippen molar-refractivity contribution in [3.05, 3.63) is 5.53 Å². The Labute approximate surface area is 46.8 Å². The van der Waals surface area contributed by atoms with Crippen LogP contribution in [-0.4, -0.2) is 18.3 Å². The van der Waals surface area contributed by atoms with Crippen LogP contribution in [0.5, 0.6) is 0 Å². The van der Waals surface area contributed by atoms with Crippen LogP contribution >= 0.6 is 8.25 Å². The molecule has 0 bridgehead atoms. The summed E-state index contributed by atoms with van der Waals surface area (Å²) in [5.74, 6) is 0. The molecule has 0 aliphatic carbocycles. The van der Waals surface area contributed by atoms with Crippen LogP contribution in [0.3, 0.4) is 0 Å². The van der Waals surface area contributed by atoms with Crippen LogP contribution in [0, 0.1) is 0 Å². The Morgan fingerprint density at radius 3 is 2.88 bits per heavy atom. The highest BCUT2D eigenvalue weighted by atomic mass is 31.1. The maximum atomic E-state index is 10.1. The summed E-state index contributed by atoms with van der Waals surface area (Å²) < 4.78 is 18.4. The van der Waals surface area contributed by atoms with E-state index in [1.54, 1.807) is 0 Å². The van der Waals surface area contributed by atoms with Crippen LogP contribution in [0.25, 0.3) is 5.53 Å². The number of nitrogens with zero attached hydrogens (tertiary/aromatic N) is 2. The molecule has 1 atom stereocenters. The van der Waals surface area contributed by atoms with E-state index in [9.17, 15) is 4.57 Å². The van der Waals surface area contributed by atoms with Gasteiger partial charge in [0.2, 0.25) is 0 Å². The van der Waals surface area contributed by atoms with Crippen LogP contribution in [0.15, 0.2) is 0 Å². The monoisotopic (exact) mass is 136 g/mol. The first-order valence-corrected chi connectivity index (χ1v) is 2.94. The lowest BCUT2D eigenvalue weighted by molar-refractivity contribution is -0.0153. The predicted octanol–water partition coefficient (Wildman–Crippen LogP) is 0.297. The van der Waals surface area contributed by atoms with Crippen molar-refractivity contribution in [3.63, 3.8) is 0 Å². The lowest BCUT2D eigenvalue weighted by Gasteiger charge is -1.88. The maximum absolute atomic E-state index is 10.1. The van der Waals surface area contributed by atoms with E-state index < -0.39 is 8.25 Å². The molecular formula is C2H5N2O3P. The minimum Gasteiger partial charge on any atom is -0.365 e. The maximum Gasteiger partial charge on any atom is 0.444 e. The molecule has 0 aliphatic rings. The zero-order chi connectivity index (χ0) is 6.41. The van der Waals surface area contributed by atoms with E-state index in [1.807, 2.05) is 0 Å². The number of rotatable bonds is 3. The van der Waals surface area contributed by atoms with Crippen LogP contribution < -0.4 is 0 Å². The van der Waals surface area contributed by atoms with Gasteiger partial charge in [0.1, 0.15) is 0 Å². The summed E-state index contributed by atoms with van der Waals surface area (Å²) in [5, 5.41) is 0. The smallest absolute Gasteiger partial charge is 0.365 e. The molecule has 0 amide bonds. The Morgan fingerprint density at radius 1 is 1.88 bits per heavy atom. The Kier molecular flexibility index (Phi) is 4.17. The van der Waals surface area contributed by atoms with Gasteiger partial charge in [-0.1, -0.05) is 0 Å². The second kappa shape index (κ2) is 4.53. The quantitative estimate of drug-likeness (QED) is 0.184. The zero-order valence-electron chi connectivity index (χ0n) is 4.20. The van der Waals surface area contributed by atoms with Gasteiger partial charge >= 0.3 is 14.7 Å². The van der Waals surface area contributed by atoms with Gasteiger partial charge in [0.25, 0.3) is 0 Å². The molecule has 0 saturated carbocycles. The van der Waals surface area contributed by atoms with E-state index in [1.165, 1.54) is 7.11 Å². The first kappa shape index (κ1) is 7.37. The molecule has 5 nitrogen and oxygen atoms in total. The van der Waals surface area contributed by atoms with Crippen LogP contribution in [0.2, 0.25) is 0 Å². The fourth-order valence-electron chi connectivity index (χ4n) is 0.115. The highest BCUT2D eigenvalue weighted by Gasteiger charge is 1.91. The van der Waals surface area contributed by atoms with E-state index >= 15 is 0 Å². The molecule has 0 aromatic carbocycles. The largest absolute Gasteiger partial charge is 0.444 e. The van der Waals surface area contributed by atoms with Crippen molar-refractivity contribution in [1.29, 1.82) is 0 Å². The fraction of sp³-hybridized carbons (Fsp3) is 0.500. The summed E-state index contributed by atoms with van der Waals surface area (Å²) in [4.78, 5) is 2.42. The summed E-state index contributed by atoms with van der Waals surface area (Å²) in [6, 6.07) is 0. The van der Waals surface area contributed by atoms with Crippen molar-refractivity contribution in [2.24, 2.45) is 0 Å². The van der Waals surface area contributed by atoms with Gasteiger partial charge in [-0.05, 0) is 0 Å². The molecule has 0 aromatic heterocycles. The summed E-state index contributed by atoms with van der Waals surface area (Å²) in [7, 11) is -1.22. The fourth-order valence-corrected chi connectivity index (χ4v) is 0.344. The molecule has 8 heavy (non-hydrogen) atoms. The third kappa shape index (κ3) is 3.56. The van der Waals surface area contributed by atoms with Gasteiger partial charge in [-0.2, -0.15) is 0 Å².